The molecule has 24 heavy (non-hydrogen) atoms. The standard InChI is InChI=1S/C18H22N2O4/c1-12-4-3-5-14(10-12)20-16(21)11-15(17(20)22)19-8-6-13(7-9-19)18(23)24-2/h3-5,10,13,15H,6-9,11H2,1-2H3. The average molecular weight is 330 g/mol. The van der Waals surface area contributed by atoms with Gasteiger partial charge in [-0.25, -0.2) is 4.90 Å². The highest BCUT2D eigenvalue weighted by Gasteiger charge is 2.43. The van der Waals surface area contributed by atoms with E-state index in [0.717, 1.165) is 5.56 Å². The lowest BCUT2D eigenvalue weighted by Gasteiger charge is -2.33. The molecule has 2 saturated heterocycles. The van der Waals surface area contributed by atoms with Gasteiger partial charge in [0.15, 0.2) is 0 Å². The third-order valence-corrected chi connectivity index (χ3v) is 4.89. The van der Waals surface area contributed by atoms with E-state index >= 15 is 0 Å². The summed E-state index contributed by atoms with van der Waals surface area (Å²) < 4.78 is 4.79. The number of benzene rings is 1. The molecule has 1 atom stereocenters. The SMILES string of the molecule is COC(=O)C1CCN(C2CC(=O)N(c3cccc(C)c3)C2=O)CC1. The summed E-state index contributed by atoms with van der Waals surface area (Å²) in [6.07, 6.45) is 1.53. The molecule has 1 unspecified atom stereocenters. The van der Waals surface area contributed by atoms with Gasteiger partial charge in [0.2, 0.25) is 5.91 Å². The lowest BCUT2D eigenvalue weighted by atomic mass is 9.95. The van der Waals surface area contributed by atoms with Gasteiger partial charge in [0.05, 0.1) is 31.2 Å². The number of anilines is 1. The van der Waals surface area contributed by atoms with Crippen LogP contribution < -0.4 is 4.90 Å². The fourth-order valence-electron chi connectivity index (χ4n) is 3.55. The van der Waals surface area contributed by atoms with E-state index in [-0.39, 0.29) is 30.1 Å². The Kier molecular flexibility index (Phi) is 4.66. The number of hydrogen-bond acceptors (Lipinski definition) is 5. The number of nitrogens with zero attached hydrogens (tertiary/aromatic N) is 2. The molecule has 0 aromatic heterocycles. The van der Waals surface area contributed by atoms with Crippen LogP contribution in [0.15, 0.2) is 24.3 Å². The van der Waals surface area contributed by atoms with Crippen molar-refractivity contribution in [2.24, 2.45) is 5.92 Å². The minimum atomic E-state index is -0.420. The number of carbonyl (C=O) groups is 3. The first kappa shape index (κ1) is 16.6. The molecule has 2 aliphatic rings. The summed E-state index contributed by atoms with van der Waals surface area (Å²) in [5, 5.41) is 0. The third-order valence-electron chi connectivity index (χ3n) is 4.89. The van der Waals surface area contributed by atoms with Crippen molar-refractivity contribution < 1.29 is 19.1 Å². The maximum Gasteiger partial charge on any atom is 0.308 e. The zero-order valence-electron chi connectivity index (χ0n) is 14.0. The topological polar surface area (TPSA) is 66.9 Å². The van der Waals surface area contributed by atoms with Crippen LogP contribution in [-0.4, -0.2) is 48.9 Å². The summed E-state index contributed by atoms with van der Waals surface area (Å²) in [4.78, 5) is 40.1. The van der Waals surface area contributed by atoms with E-state index in [1.807, 2.05) is 30.0 Å². The Morgan fingerprint density at radius 1 is 1.21 bits per heavy atom. The summed E-state index contributed by atoms with van der Waals surface area (Å²) in [5.74, 6) is -0.621. The zero-order valence-corrected chi connectivity index (χ0v) is 14.0. The molecule has 2 fully saturated rings. The molecule has 6 heteroatoms. The Balaban J connectivity index is 1.70. The number of imide groups is 1. The van der Waals surface area contributed by atoms with E-state index in [2.05, 4.69) is 0 Å². The molecule has 128 valence electrons. The van der Waals surface area contributed by atoms with Crippen molar-refractivity contribution in [1.82, 2.24) is 4.90 Å². The molecule has 6 nitrogen and oxygen atoms in total. The van der Waals surface area contributed by atoms with Crippen molar-refractivity contribution in [1.29, 1.82) is 0 Å². The van der Waals surface area contributed by atoms with E-state index in [0.29, 0.717) is 31.6 Å². The molecule has 0 N–H and O–H groups in total. The predicted molar refractivity (Wildman–Crippen MR) is 88.4 cm³/mol. The number of aryl methyl sites for hydroxylation is 1. The monoisotopic (exact) mass is 330 g/mol. The number of hydrogen-bond donors (Lipinski definition) is 0. The van der Waals surface area contributed by atoms with Crippen LogP contribution in [0.3, 0.4) is 0 Å². The number of amides is 2. The van der Waals surface area contributed by atoms with Crippen LogP contribution in [0.2, 0.25) is 0 Å². The Labute approximate surface area is 141 Å². The maximum absolute atomic E-state index is 12.8. The van der Waals surface area contributed by atoms with Gasteiger partial charge in [-0.15, -0.1) is 0 Å². The minimum absolute atomic E-state index is 0.105. The van der Waals surface area contributed by atoms with Gasteiger partial charge < -0.3 is 4.74 Å². The number of rotatable bonds is 3. The molecule has 0 radical (unpaired) electrons. The van der Waals surface area contributed by atoms with E-state index < -0.39 is 6.04 Å². The second kappa shape index (κ2) is 6.73. The summed E-state index contributed by atoms with van der Waals surface area (Å²) in [7, 11) is 1.40. The quantitative estimate of drug-likeness (QED) is 0.621. The molecule has 0 aliphatic carbocycles. The van der Waals surface area contributed by atoms with Crippen LogP contribution in [0.25, 0.3) is 0 Å². The Hall–Kier alpha value is -2.21. The van der Waals surface area contributed by atoms with Crippen molar-refractivity contribution >= 4 is 23.5 Å². The second-order valence-corrected chi connectivity index (χ2v) is 6.46. The fourth-order valence-corrected chi connectivity index (χ4v) is 3.55. The first-order valence-electron chi connectivity index (χ1n) is 8.26. The summed E-state index contributed by atoms with van der Waals surface area (Å²) in [6, 6.07) is 7.00. The molecule has 2 heterocycles. The van der Waals surface area contributed by atoms with E-state index in [4.69, 9.17) is 4.74 Å². The van der Waals surface area contributed by atoms with Crippen molar-refractivity contribution in [3.05, 3.63) is 29.8 Å². The minimum Gasteiger partial charge on any atom is -0.469 e. The highest BCUT2D eigenvalue weighted by molar-refractivity contribution is 6.22. The number of likely N-dealkylation sites (tertiary alicyclic amines) is 1. The van der Waals surface area contributed by atoms with Gasteiger partial charge in [0, 0.05) is 0 Å². The van der Waals surface area contributed by atoms with Gasteiger partial charge in [0.1, 0.15) is 0 Å². The largest absolute Gasteiger partial charge is 0.469 e. The number of piperidine rings is 1. The van der Waals surface area contributed by atoms with Gasteiger partial charge in [-0.2, -0.15) is 0 Å². The molecule has 1 aromatic carbocycles. The molecule has 3 rings (SSSR count). The van der Waals surface area contributed by atoms with Crippen LogP contribution in [-0.2, 0) is 19.1 Å². The van der Waals surface area contributed by atoms with E-state index in [9.17, 15) is 14.4 Å². The molecule has 2 aliphatic heterocycles. The lowest BCUT2D eigenvalue weighted by Crippen LogP contribution is -2.46. The van der Waals surface area contributed by atoms with Crippen molar-refractivity contribution in [2.45, 2.75) is 32.2 Å². The van der Waals surface area contributed by atoms with Gasteiger partial charge >= 0.3 is 5.97 Å². The molecule has 2 amide bonds. The molecule has 0 spiro atoms. The molecule has 1 aromatic rings. The van der Waals surface area contributed by atoms with Crippen LogP contribution in [0.4, 0.5) is 5.69 Å². The first-order valence-corrected chi connectivity index (χ1v) is 8.26. The van der Waals surface area contributed by atoms with Gasteiger partial charge in [-0.05, 0) is 50.6 Å². The van der Waals surface area contributed by atoms with Gasteiger partial charge in [-0.1, -0.05) is 12.1 Å². The molecular formula is C18H22N2O4. The smallest absolute Gasteiger partial charge is 0.308 e. The maximum atomic E-state index is 12.8. The Morgan fingerprint density at radius 3 is 2.54 bits per heavy atom. The Bertz CT molecular complexity index is 665. The van der Waals surface area contributed by atoms with Gasteiger partial charge in [0.25, 0.3) is 5.91 Å². The number of ether oxygens (including phenoxy) is 1. The summed E-state index contributed by atoms with van der Waals surface area (Å²) >= 11 is 0. The molecular weight excluding hydrogens is 308 g/mol. The van der Waals surface area contributed by atoms with Crippen LogP contribution >= 0.6 is 0 Å². The molecule has 0 bridgehead atoms. The van der Waals surface area contributed by atoms with E-state index in [1.54, 1.807) is 6.07 Å². The number of carbonyl (C=O) groups excluding carboxylic acids is 3. The first-order chi connectivity index (χ1) is 11.5. The predicted octanol–water partition coefficient (Wildman–Crippen LogP) is 1.51. The van der Waals surface area contributed by atoms with E-state index in [1.165, 1.54) is 12.0 Å². The van der Waals surface area contributed by atoms with Crippen LogP contribution in [0, 0.1) is 12.8 Å². The number of methoxy groups -OCH3 is 1. The summed E-state index contributed by atoms with van der Waals surface area (Å²) in [6.45, 7) is 3.19. The normalized spacial score (nSPS) is 22.9. The average Bonchev–Trinajstić information content (AvgIpc) is 2.89. The van der Waals surface area contributed by atoms with Crippen molar-refractivity contribution in [2.75, 3.05) is 25.1 Å². The number of esters is 1. The highest BCUT2D eigenvalue weighted by Crippen LogP contribution is 2.29. The van der Waals surface area contributed by atoms with Crippen molar-refractivity contribution in [3.63, 3.8) is 0 Å². The Morgan fingerprint density at radius 2 is 1.92 bits per heavy atom. The van der Waals surface area contributed by atoms with Gasteiger partial charge in [-0.3, -0.25) is 19.3 Å². The summed E-state index contributed by atoms with van der Waals surface area (Å²) in [5.41, 5.74) is 1.65. The lowest BCUT2D eigenvalue weighted by molar-refractivity contribution is -0.147. The highest BCUT2D eigenvalue weighted by atomic mass is 16.5. The second-order valence-electron chi connectivity index (χ2n) is 6.46. The fraction of sp³-hybridized carbons (Fsp3) is 0.500. The van der Waals surface area contributed by atoms with Crippen LogP contribution in [0.1, 0.15) is 24.8 Å². The van der Waals surface area contributed by atoms with Crippen molar-refractivity contribution in [3.8, 4) is 0 Å². The third kappa shape index (κ3) is 3.06. The molecule has 0 saturated carbocycles. The van der Waals surface area contributed by atoms with Crippen LogP contribution in [0.5, 0.6) is 0 Å². The zero-order chi connectivity index (χ0) is 17.3.